The number of H-pyrrole nitrogens is 2. The molecule has 0 bridgehead atoms. The number of rotatable bonds is 3. The monoisotopic (exact) mass is 422 g/mol. The van der Waals surface area contributed by atoms with Crippen LogP contribution in [-0.4, -0.2) is 26.2 Å². The van der Waals surface area contributed by atoms with Gasteiger partial charge in [0, 0.05) is 23.1 Å². The molecule has 6 nitrogen and oxygen atoms in total. The van der Waals surface area contributed by atoms with E-state index in [1.54, 1.807) is 12.1 Å². The SMILES string of the molecule is O=c1[nH]c(=S)n(Cc2ccc(F)cc2)c(O)c1C1NCCc2c1[nH]c1ccccc21. The van der Waals surface area contributed by atoms with Crippen molar-refractivity contribution < 1.29 is 9.50 Å². The second-order valence-electron chi connectivity index (χ2n) is 7.41. The normalized spacial score (nSPS) is 16.0. The van der Waals surface area contributed by atoms with Crippen LogP contribution in [0.25, 0.3) is 10.9 Å². The fraction of sp³-hybridized carbons (Fsp3) is 0.182. The van der Waals surface area contributed by atoms with Gasteiger partial charge in [0.25, 0.3) is 5.56 Å². The number of aromatic amines is 2. The third-order valence-electron chi connectivity index (χ3n) is 5.61. The van der Waals surface area contributed by atoms with Gasteiger partial charge in [-0.25, -0.2) is 4.39 Å². The molecular formula is C22H19FN4O2S. The number of para-hydroxylation sites is 1. The molecule has 0 saturated heterocycles. The molecule has 30 heavy (non-hydrogen) atoms. The van der Waals surface area contributed by atoms with Gasteiger partial charge in [-0.05, 0) is 48.0 Å². The third-order valence-corrected chi connectivity index (χ3v) is 5.93. The van der Waals surface area contributed by atoms with Crippen LogP contribution in [0.15, 0.2) is 53.3 Å². The van der Waals surface area contributed by atoms with Crippen LogP contribution in [0, 0.1) is 10.6 Å². The van der Waals surface area contributed by atoms with Crippen molar-refractivity contribution in [3.8, 4) is 5.88 Å². The van der Waals surface area contributed by atoms with Crippen LogP contribution in [-0.2, 0) is 13.0 Å². The van der Waals surface area contributed by atoms with Gasteiger partial charge in [0.1, 0.15) is 11.4 Å². The first-order valence-electron chi connectivity index (χ1n) is 9.66. The number of hydrogen-bond acceptors (Lipinski definition) is 4. The highest BCUT2D eigenvalue weighted by atomic mass is 32.1. The van der Waals surface area contributed by atoms with E-state index >= 15 is 0 Å². The van der Waals surface area contributed by atoms with Crippen molar-refractivity contribution >= 4 is 23.1 Å². The van der Waals surface area contributed by atoms with Crippen LogP contribution in [0.4, 0.5) is 4.39 Å². The van der Waals surface area contributed by atoms with Crippen LogP contribution < -0.4 is 10.9 Å². The predicted octanol–water partition coefficient (Wildman–Crippen LogP) is 3.52. The highest BCUT2D eigenvalue weighted by Gasteiger charge is 2.30. The highest BCUT2D eigenvalue weighted by molar-refractivity contribution is 7.71. The molecule has 0 saturated carbocycles. The molecule has 2 aromatic carbocycles. The molecule has 4 aromatic rings. The number of fused-ring (bicyclic) bond motifs is 3. The summed E-state index contributed by atoms with van der Waals surface area (Å²) in [7, 11) is 0. The molecule has 1 aliphatic heterocycles. The predicted molar refractivity (Wildman–Crippen MR) is 115 cm³/mol. The van der Waals surface area contributed by atoms with E-state index < -0.39 is 11.6 Å². The Labute approximate surface area is 176 Å². The number of hydrogen-bond donors (Lipinski definition) is 4. The maximum atomic E-state index is 13.2. The van der Waals surface area contributed by atoms with Crippen LogP contribution in [0.1, 0.15) is 28.4 Å². The third kappa shape index (κ3) is 3.05. The lowest BCUT2D eigenvalue weighted by atomic mass is 9.95. The van der Waals surface area contributed by atoms with E-state index in [-0.39, 0.29) is 28.6 Å². The number of nitrogens with one attached hydrogen (secondary N) is 3. The van der Waals surface area contributed by atoms with Gasteiger partial charge in [0.2, 0.25) is 5.88 Å². The summed E-state index contributed by atoms with van der Waals surface area (Å²) in [6, 6.07) is 13.4. The van der Waals surface area contributed by atoms with Crippen molar-refractivity contribution in [1.82, 2.24) is 19.9 Å². The van der Waals surface area contributed by atoms with Crippen molar-refractivity contribution in [2.24, 2.45) is 0 Å². The van der Waals surface area contributed by atoms with Crippen molar-refractivity contribution in [3.05, 3.63) is 91.9 Å². The summed E-state index contributed by atoms with van der Waals surface area (Å²) in [6.45, 7) is 0.882. The topological polar surface area (TPSA) is 85.8 Å². The van der Waals surface area contributed by atoms with E-state index in [0.29, 0.717) is 6.54 Å². The van der Waals surface area contributed by atoms with E-state index in [2.05, 4.69) is 21.4 Å². The summed E-state index contributed by atoms with van der Waals surface area (Å²) in [4.78, 5) is 18.9. The van der Waals surface area contributed by atoms with Crippen molar-refractivity contribution in [2.75, 3.05) is 6.54 Å². The average molecular weight is 422 g/mol. The molecule has 0 amide bonds. The Morgan fingerprint density at radius 1 is 1.13 bits per heavy atom. The van der Waals surface area contributed by atoms with Gasteiger partial charge < -0.3 is 15.4 Å². The van der Waals surface area contributed by atoms with Crippen molar-refractivity contribution in [3.63, 3.8) is 0 Å². The smallest absolute Gasteiger partial charge is 0.260 e. The van der Waals surface area contributed by atoms with Gasteiger partial charge in [-0.1, -0.05) is 30.3 Å². The first-order valence-corrected chi connectivity index (χ1v) is 10.1. The molecule has 0 aliphatic carbocycles. The minimum Gasteiger partial charge on any atom is -0.494 e. The van der Waals surface area contributed by atoms with Crippen LogP contribution >= 0.6 is 12.2 Å². The highest BCUT2D eigenvalue weighted by Crippen LogP contribution is 2.35. The number of benzene rings is 2. The molecule has 152 valence electrons. The van der Waals surface area contributed by atoms with Gasteiger partial charge in [-0.15, -0.1) is 0 Å². The fourth-order valence-electron chi connectivity index (χ4n) is 4.18. The lowest BCUT2D eigenvalue weighted by Gasteiger charge is -2.25. The standard InChI is InChI=1S/C22H19FN4O2S/c23-13-7-5-12(6-8-13)11-27-21(29)17(20(28)26-22(27)30)19-18-15(9-10-24-19)14-3-1-2-4-16(14)25-18/h1-8,19,24-25,29H,9-11H2,(H,26,28,30). The first-order chi connectivity index (χ1) is 14.5. The van der Waals surface area contributed by atoms with Gasteiger partial charge in [-0.2, -0.15) is 0 Å². The molecule has 5 rings (SSSR count). The molecule has 0 fully saturated rings. The second-order valence-corrected chi connectivity index (χ2v) is 7.80. The molecule has 2 aromatic heterocycles. The number of nitrogens with zero attached hydrogens (tertiary/aromatic N) is 1. The van der Waals surface area contributed by atoms with E-state index in [1.165, 1.54) is 16.7 Å². The molecular weight excluding hydrogens is 403 g/mol. The molecule has 3 heterocycles. The van der Waals surface area contributed by atoms with Crippen molar-refractivity contribution in [1.29, 1.82) is 0 Å². The fourth-order valence-corrected chi connectivity index (χ4v) is 4.42. The summed E-state index contributed by atoms with van der Waals surface area (Å²) in [5, 5.41) is 15.5. The Hall–Kier alpha value is -3.23. The van der Waals surface area contributed by atoms with E-state index in [9.17, 15) is 14.3 Å². The molecule has 0 spiro atoms. The molecule has 0 radical (unpaired) electrons. The zero-order valence-corrected chi connectivity index (χ0v) is 16.7. The maximum Gasteiger partial charge on any atom is 0.260 e. The number of aromatic nitrogens is 3. The number of halogens is 1. The number of aromatic hydroxyl groups is 1. The minimum absolute atomic E-state index is 0.109. The average Bonchev–Trinajstić information content (AvgIpc) is 3.12. The van der Waals surface area contributed by atoms with Gasteiger partial charge >= 0.3 is 0 Å². The lowest BCUT2D eigenvalue weighted by molar-refractivity contribution is 0.393. The summed E-state index contributed by atoms with van der Waals surface area (Å²) in [5.74, 6) is -0.538. The minimum atomic E-state index is -0.500. The van der Waals surface area contributed by atoms with Crippen LogP contribution in [0.5, 0.6) is 5.88 Å². The summed E-state index contributed by atoms with van der Waals surface area (Å²) >= 11 is 5.29. The summed E-state index contributed by atoms with van der Waals surface area (Å²) in [5.41, 5.74) is 3.53. The summed E-state index contributed by atoms with van der Waals surface area (Å²) in [6.07, 6.45) is 0.823. The van der Waals surface area contributed by atoms with Crippen LogP contribution in [0.2, 0.25) is 0 Å². The molecule has 1 unspecified atom stereocenters. The maximum absolute atomic E-state index is 13.2. The van der Waals surface area contributed by atoms with Crippen molar-refractivity contribution in [2.45, 2.75) is 19.0 Å². The Balaban J connectivity index is 1.65. The molecule has 1 atom stereocenters. The quantitative estimate of drug-likeness (QED) is 0.381. The van der Waals surface area contributed by atoms with Gasteiger partial charge in [0.05, 0.1) is 12.6 Å². The van der Waals surface area contributed by atoms with E-state index in [0.717, 1.165) is 34.1 Å². The largest absolute Gasteiger partial charge is 0.494 e. The molecule has 8 heteroatoms. The Bertz CT molecular complexity index is 1370. The lowest BCUT2D eigenvalue weighted by Crippen LogP contribution is -2.35. The zero-order valence-electron chi connectivity index (χ0n) is 15.9. The Kier molecular flexibility index (Phi) is 4.52. The second kappa shape index (κ2) is 7.23. The first kappa shape index (κ1) is 18.8. The van der Waals surface area contributed by atoms with E-state index in [1.807, 2.05) is 18.2 Å². The Morgan fingerprint density at radius 2 is 1.90 bits per heavy atom. The van der Waals surface area contributed by atoms with Gasteiger partial charge in [-0.3, -0.25) is 14.3 Å². The van der Waals surface area contributed by atoms with Crippen LogP contribution in [0.3, 0.4) is 0 Å². The zero-order chi connectivity index (χ0) is 20.8. The van der Waals surface area contributed by atoms with E-state index in [4.69, 9.17) is 12.2 Å². The Morgan fingerprint density at radius 3 is 2.70 bits per heavy atom. The van der Waals surface area contributed by atoms with Gasteiger partial charge in [0.15, 0.2) is 4.77 Å². The molecule has 1 aliphatic rings. The summed E-state index contributed by atoms with van der Waals surface area (Å²) < 4.78 is 14.8. The molecule has 4 N–H and O–H groups in total.